The van der Waals surface area contributed by atoms with Crippen LogP contribution in [0.3, 0.4) is 0 Å². The Balaban J connectivity index is 1.50. The van der Waals surface area contributed by atoms with Gasteiger partial charge in [-0.25, -0.2) is 14.1 Å². The minimum atomic E-state index is -1.11. The summed E-state index contributed by atoms with van der Waals surface area (Å²) in [4.78, 5) is 20.2. The summed E-state index contributed by atoms with van der Waals surface area (Å²) in [6.07, 6.45) is 7.09. The molecule has 8 nitrogen and oxygen atoms in total. The Labute approximate surface area is 154 Å². The number of H-pyrrole nitrogens is 1. The van der Waals surface area contributed by atoms with Crippen molar-refractivity contribution < 1.29 is 8.81 Å². The summed E-state index contributed by atoms with van der Waals surface area (Å²) in [5, 5.41) is 12.6. The van der Waals surface area contributed by atoms with E-state index < -0.39 is 5.67 Å². The molecule has 27 heavy (non-hydrogen) atoms. The summed E-state index contributed by atoms with van der Waals surface area (Å²) in [6, 6.07) is 0.0709. The molecule has 9 heteroatoms. The highest BCUT2D eigenvalue weighted by Gasteiger charge is 2.39. The number of nitrogens with zero attached hydrogens (tertiary/aromatic N) is 5. The number of halogens is 1. The molecule has 2 saturated carbocycles. The van der Waals surface area contributed by atoms with Gasteiger partial charge in [0.1, 0.15) is 16.9 Å². The van der Waals surface area contributed by atoms with Crippen LogP contribution in [0, 0.1) is 0 Å². The number of hydrogen-bond donors (Lipinski definition) is 1. The van der Waals surface area contributed by atoms with Crippen molar-refractivity contribution in [3.05, 3.63) is 34.7 Å². The van der Waals surface area contributed by atoms with Gasteiger partial charge in [0.2, 0.25) is 12.3 Å². The van der Waals surface area contributed by atoms with E-state index in [1.807, 2.05) is 4.68 Å². The van der Waals surface area contributed by atoms with E-state index in [9.17, 15) is 9.18 Å². The largest absolute Gasteiger partial charge is 0.428 e. The molecule has 0 spiro atoms. The van der Waals surface area contributed by atoms with Crippen LogP contribution in [0.5, 0.6) is 0 Å². The maximum atomic E-state index is 14.1. The van der Waals surface area contributed by atoms with Gasteiger partial charge >= 0.3 is 0 Å². The molecule has 2 fully saturated rings. The maximum absolute atomic E-state index is 14.1. The monoisotopic (exact) mass is 372 g/mol. The lowest BCUT2D eigenvalue weighted by Crippen LogP contribution is -2.29. The van der Waals surface area contributed by atoms with Crippen LogP contribution in [0.2, 0.25) is 0 Å². The third kappa shape index (κ3) is 2.76. The Kier molecular flexibility index (Phi) is 3.66. The Hall–Kier alpha value is -2.58. The zero-order chi connectivity index (χ0) is 18.6. The zero-order valence-corrected chi connectivity index (χ0v) is 15.1. The first-order chi connectivity index (χ1) is 13.0. The van der Waals surface area contributed by atoms with Crippen LogP contribution >= 0.6 is 0 Å². The maximum Gasteiger partial charge on any atom is 0.262 e. The molecule has 0 aromatic carbocycles. The van der Waals surface area contributed by atoms with Crippen molar-refractivity contribution in [1.82, 2.24) is 29.9 Å². The average Bonchev–Trinajstić information content (AvgIpc) is 3.24. The molecule has 0 saturated heterocycles. The first kappa shape index (κ1) is 16.6. The van der Waals surface area contributed by atoms with E-state index in [1.54, 1.807) is 13.1 Å². The molecule has 3 heterocycles. The van der Waals surface area contributed by atoms with Crippen LogP contribution < -0.4 is 5.56 Å². The van der Waals surface area contributed by atoms with Crippen LogP contribution in [0.15, 0.2) is 21.8 Å². The molecule has 2 atom stereocenters. The fourth-order valence-electron chi connectivity index (χ4n) is 4.31. The number of rotatable bonds is 3. The summed E-state index contributed by atoms with van der Waals surface area (Å²) in [5.74, 6) is 1.34. The normalized spacial score (nSPS) is 31.1. The number of hydrogen-bond acceptors (Lipinski definition) is 6. The Morgan fingerprint density at radius 1 is 1.26 bits per heavy atom. The van der Waals surface area contributed by atoms with Gasteiger partial charge in [-0.2, -0.15) is 5.10 Å². The molecule has 2 aliphatic rings. The van der Waals surface area contributed by atoms with Crippen LogP contribution in [0.1, 0.15) is 75.0 Å². The van der Waals surface area contributed by atoms with Crippen molar-refractivity contribution in [3.63, 3.8) is 0 Å². The second-order valence-corrected chi connectivity index (χ2v) is 7.99. The fourth-order valence-corrected chi connectivity index (χ4v) is 4.31. The molecule has 1 N–H and O–H groups in total. The molecule has 5 rings (SSSR count). The Bertz CT molecular complexity index is 1010. The quantitative estimate of drug-likeness (QED) is 0.758. The zero-order valence-electron chi connectivity index (χ0n) is 15.1. The topological polar surface area (TPSA) is 102 Å². The van der Waals surface area contributed by atoms with Gasteiger partial charge in [-0.3, -0.25) is 4.79 Å². The van der Waals surface area contributed by atoms with Gasteiger partial charge < -0.3 is 9.40 Å². The summed E-state index contributed by atoms with van der Waals surface area (Å²) >= 11 is 0. The van der Waals surface area contributed by atoms with Gasteiger partial charge in [0.15, 0.2) is 5.65 Å². The van der Waals surface area contributed by atoms with Crippen molar-refractivity contribution in [1.29, 1.82) is 0 Å². The molecule has 3 aromatic rings. The van der Waals surface area contributed by atoms with E-state index in [2.05, 4.69) is 20.3 Å². The highest BCUT2D eigenvalue weighted by molar-refractivity contribution is 5.73. The number of nitrogens with one attached hydrogen (secondary N) is 1. The first-order valence-corrected chi connectivity index (χ1v) is 9.44. The molecule has 0 amide bonds. The average molecular weight is 372 g/mol. The molecule has 0 bridgehead atoms. The highest BCUT2D eigenvalue weighted by atomic mass is 19.1. The highest BCUT2D eigenvalue weighted by Crippen LogP contribution is 2.47. The van der Waals surface area contributed by atoms with Gasteiger partial charge in [-0.05, 0) is 45.4 Å². The van der Waals surface area contributed by atoms with Gasteiger partial charge in [0, 0.05) is 11.8 Å². The minimum Gasteiger partial charge on any atom is -0.428 e. The SMILES string of the molecule is CC1(F)CCC(n2ncc3c(=O)[nH]c([C@H]4CC[C@@H]4c4nnco4)nc32)CC1. The number of fused-ring (bicyclic) bond motifs is 1. The lowest BCUT2D eigenvalue weighted by atomic mass is 9.73. The van der Waals surface area contributed by atoms with Gasteiger partial charge in [-0.1, -0.05) is 0 Å². The van der Waals surface area contributed by atoms with E-state index in [0.29, 0.717) is 48.4 Å². The fraction of sp³-hybridized carbons (Fsp3) is 0.611. The lowest BCUT2D eigenvalue weighted by Gasteiger charge is -2.33. The van der Waals surface area contributed by atoms with Crippen LogP contribution in [-0.2, 0) is 0 Å². The molecule has 0 aliphatic heterocycles. The summed E-state index contributed by atoms with van der Waals surface area (Å²) in [5.41, 5.74) is -0.723. The Morgan fingerprint density at radius 3 is 2.70 bits per heavy atom. The molecule has 0 radical (unpaired) electrons. The van der Waals surface area contributed by atoms with Crippen molar-refractivity contribution in [2.45, 2.75) is 69.0 Å². The molecule has 2 aliphatic carbocycles. The number of aromatic amines is 1. The Morgan fingerprint density at radius 2 is 2.04 bits per heavy atom. The van der Waals surface area contributed by atoms with Crippen molar-refractivity contribution >= 4 is 11.0 Å². The number of aromatic nitrogens is 6. The van der Waals surface area contributed by atoms with Crippen LogP contribution in [-0.4, -0.2) is 35.6 Å². The lowest BCUT2D eigenvalue weighted by molar-refractivity contribution is 0.103. The standard InChI is InChI=1S/C18H21FN6O2/c1-18(19)6-4-10(5-7-18)25-15-13(8-21-25)16(26)23-14(22-15)11-2-3-12(11)17-24-20-9-27-17/h8-12H,2-7H2,1H3,(H,22,23,26)/t10?,11-,12-,18?/m0/s1. The van der Waals surface area contributed by atoms with Crippen molar-refractivity contribution in [2.24, 2.45) is 0 Å². The van der Waals surface area contributed by atoms with Crippen molar-refractivity contribution in [2.75, 3.05) is 0 Å². The molecule has 142 valence electrons. The second-order valence-electron chi connectivity index (χ2n) is 7.99. The van der Waals surface area contributed by atoms with Gasteiger partial charge in [0.05, 0.1) is 12.2 Å². The predicted octanol–water partition coefficient (Wildman–Crippen LogP) is 3.01. The predicted molar refractivity (Wildman–Crippen MR) is 94.2 cm³/mol. The molecule has 3 aromatic heterocycles. The molecular weight excluding hydrogens is 351 g/mol. The molecule has 0 unspecified atom stereocenters. The summed E-state index contributed by atoms with van der Waals surface area (Å²) < 4.78 is 21.3. The van der Waals surface area contributed by atoms with E-state index in [-0.39, 0.29) is 23.4 Å². The van der Waals surface area contributed by atoms with Crippen LogP contribution in [0.4, 0.5) is 4.39 Å². The third-order valence-corrected chi connectivity index (χ3v) is 6.14. The minimum absolute atomic E-state index is 0.0476. The van der Waals surface area contributed by atoms with Gasteiger partial charge in [-0.15, -0.1) is 10.2 Å². The van der Waals surface area contributed by atoms with Gasteiger partial charge in [0.25, 0.3) is 5.56 Å². The number of alkyl halides is 1. The van der Waals surface area contributed by atoms with E-state index in [4.69, 9.17) is 9.40 Å². The smallest absolute Gasteiger partial charge is 0.262 e. The van der Waals surface area contributed by atoms with Crippen LogP contribution in [0.25, 0.3) is 11.0 Å². The summed E-state index contributed by atoms with van der Waals surface area (Å²) in [7, 11) is 0. The first-order valence-electron chi connectivity index (χ1n) is 9.44. The van der Waals surface area contributed by atoms with E-state index >= 15 is 0 Å². The summed E-state index contributed by atoms with van der Waals surface area (Å²) in [6.45, 7) is 1.65. The molecular formula is C18H21FN6O2. The second kappa shape index (κ2) is 5.97. The van der Waals surface area contributed by atoms with E-state index in [0.717, 1.165) is 12.8 Å². The van der Waals surface area contributed by atoms with E-state index in [1.165, 1.54) is 6.39 Å². The van der Waals surface area contributed by atoms with Crippen molar-refractivity contribution in [3.8, 4) is 0 Å². The third-order valence-electron chi connectivity index (χ3n) is 6.14.